The van der Waals surface area contributed by atoms with E-state index in [1.807, 2.05) is 6.07 Å². The number of hydrogen-bond acceptors (Lipinski definition) is 7. The van der Waals surface area contributed by atoms with Crippen LogP contribution in [-0.4, -0.2) is 53.5 Å². The van der Waals surface area contributed by atoms with E-state index in [4.69, 9.17) is 0 Å². The van der Waals surface area contributed by atoms with Crippen LogP contribution in [-0.2, 0) is 10.8 Å². The van der Waals surface area contributed by atoms with Gasteiger partial charge in [-0.05, 0) is 18.9 Å². The van der Waals surface area contributed by atoms with Gasteiger partial charge < -0.3 is 10.6 Å². The first-order valence-corrected chi connectivity index (χ1v) is 8.29. The molecule has 0 saturated carbocycles. The summed E-state index contributed by atoms with van der Waals surface area (Å²) in [5, 5.41) is 10.4. The minimum absolute atomic E-state index is 0.250. The summed E-state index contributed by atoms with van der Waals surface area (Å²) in [4.78, 5) is 13.0. The maximum Gasteiger partial charge on any atom is 0.257 e. The van der Waals surface area contributed by atoms with Gasteiger partial charge in [-0.1, -0.05) is 0 Å². The summed E-state index contributed by atoms with van der Waals surface area (Å²) in [6.45, 7) is 0. The zero-order chi connectivity index (χ0) is 14.7. The van der Waals surface area contributed by atoms with Crippen LogP contribution in [0.25, 0.3) is 5.95 Å². The van der Waals surface area contributed by atoms with Crippen molar-refractivity contribution in [2.45, 2.75) is 18.9 Å². The van der Waals surface area contributed by atoms with Crippen molar-refractivity contribution in [3.8, 4) is 5.95 Å². The van der Waals surface area contributed by atoms with Gasteiger partial charge in [0, 0.05) is 47.8 Å². The Labute approximate surface area is 124 Å². The van der Waals surface area contributed by atoms with Gasteiger partial charge in [0.1, 0.15) is 0 Å². The van der Waals surface area contributed by atoms with Gasteiger partial charge in [0.05, 0.1) is 0 Å². The maximum atomic E-state index is 11.4. The molecule has 0 amide bonds. The van der Waals surface area contributed by atoms with Gasteiger partial charge in [-0.25, -0.2) is 4.68 Å². The highest BCUT2D eigenvalue weighted by Gasteiger charge is 2.19. The first-order valence-electron chi connectivity index (χ1n) is 6.80. The fraction of sp³-hybridized carbons (Fsp3) is 0.500. The fourth-order valence-electron chi connectivity index (χ4n) is 2.15. The lowest BCUT2D eigenvalue weighted by molar-refractivity contribution is 0.619. The Morgan fingerprint density at radius 2 is 2.00 bits per heavy atom. The van der Waals surface area contributed by atoms with E-state index in [0.29, 0.717) is 17.8 Å². The molecule has 0 unspecified atom stereocenters. The van der Waals surface area contributed by atoms with Gasteiger partial charge in [-0.2, -0.15) is 20.1 Å². The van der Waals surface area contributed by atoms with Crippen molar-refractivity contribution in [3.63, 3.8) is 0 Å². The second kappa shape index (κ2) is 6.17. The van der Waals surface area contributed by atoms with Crippen molar-refractivity contribution in [2.24, 2.45) is 0 Å². The smallest absolute Gasteiger partial charge is 0.257 e. The summed E-state index contributed by atoms with van der Waals surface area (Å²) in [7, 11) is 1.09. The Morgan fingerprint density at radius 1 is 1.24 bits per heavy atom. The largest absolute Gasteiger partial charge is 0.357 e. The highest BCUT2D eigenvalue weighted by Crippen LogP contribution is 2.15. The minimum Gasteiger partial charge on any atom is -0.357 e. The first-order chi connectivity index (χ1) is 10.2. The second-order valence-electron chi connectivity index (χ2n) is 4.75. The molecular formula is C12H17N7OS. The van der Waals surface area contributed by atoms with Gasteiger partial charge >= 0.3 is 0 Å². The minimum atomic E-state index is -0.673. The van der Waals surface area contributed by atoms with Crippen molar-refractivity contribution in [1.29, 1.82) is 0 Å². The molecule has 2 N–H and O–H groups in total. The van der Waals surface area contributed by atoms with Gasteiger partial charge in [-0.15, -0.1) is 0 Å². The molecule has 112 valence electrons. The van der Waals surface area contributed by atoms with E-state index in [2.05, 4.69) is 30.7 Å². The van der Waals surface area contributed by atoms with Crippen LogP contribution < -0.4 is 10.6 Å². The van der Waals surface area contributed by atoms with Gasteiger partial charge in [0.2, 0.25) is 11.9 Å². The number of aromatic nitrogens is 5. The van der Waals surface area contributed by atoms with Crippen LogP contribution in [0.5, 0.6) is 0 Å². The van der Waals surface area contributed by atoms with Crippen LogP contribution in [0.3, 0.4) is 0 Å². The third kappa shape index (κ3) is 3.35. The zero-order valence-corrected chi connectivity index (χ0v) is 12.5. The van der Waals surface area contributed by atoms with Crippen molar-refractivity contribution < 1.29 is 4.21 Å². The van der Waals surface area contributed by atoms with Gasteiger partial charge in [0.25, 0.3) is 5.95 Å². The Morgan fingerprint density at radius 3 is 2.67 bits per heavy atom. The molecule has 2 aromatic rings. The van der Waals surface area contributed by atoms with Gasteiger partial charge in [0.15, 0.2) is 0 Å². The van der Waals surface area contributed by atoms with E-state index in [1.54, 1.807) is 24.1 Å². The Hall–Kier alpha value is -2.03. The van der Waals surface area contributed by atoms with Crippen molar-refractivity contribution in [3.05, 3.63) is 18.5 Å². The molecule has 0 aromatic carbocycles. The number of rotatable bonds is 4. The molecule has 21 heavy (non-hydrogen) atoms. The number of anilines is 2. The summed E-state index contributed by atoms with van der Waals surface area (Å²) >= 11 is 0. The molecule has 3 heterocycles. The molecule has 0 atom stereocenters. The third-order valence-corrected chi connectivity index (χ3v) is 4.66. The molecule has 1 saturated heterocycles. The van der Waals surface area contributed by atoms with E-state index in [9.17, 15) is 4.21 Å². The predicted molar refractivity (Wildman–Crippen MR) is 81.0 cm³/mol. The van der Waals surface area contributed by atoms with Crippen LogP contribution >= 0.6 is 0 Å². The molecule has 0 bridgehead atoms. The Kier molecular flexibility index (Phi) is 4.09. The lowest BCUT2D eigenvalue weighted by Crippen LogP contribution is -2.30. The molecule has 1 aliphatic rings. The number of nitrogens with one attached hydrogen (secondary N) is 2. The van der Waals surface area contributed by atoms with Crippen LogP contribution in [0.1, 0.15) is 12.8 Å². The van der Waals surface area contributed by atoms with Crippen LogP contribution in [0, 0.1) is 0 Å². The van der Waals surface area contributed by atoms with E-state index in [1.165, 1.54) is 0 Å². The molecule has 0 radical (unpaired) electrons. The normalized spacial score (nSPS) is 22.0. The molecule has 2 aromatic heterocycles. The van der Waals surface area contributed by atoms with Crippen LogP contribution in [0.2, 0.25) is 0 Å². The van der Waals surface area contributed by atoms with E-state index in [-0.39, 0.29) is 6.04 Å². The average molecular weight is 307 g/mol. The van der Waals surface area contributed by atoms with E-state index in [0.717, 1.165) is 24.3 Å². The topological polar surface area (TPSA) is 97.6 Å². The highest BCUT2D eigenvalue weighted by atomic mass is 32.2. The average Bonchev–Trinajstić information content (AvgIpc) is 3.04. The third-order valence-electron chi connectivity index (χ3n) is 3.28. The monoisotopic (exact) mass is 307 g/mol. The summed E-state index contributed by atoms with van der Waals surface area (Å²) in [6, 6.07) is 2.06. The summed E-state index contributed by atoms with van der Waals surface area (Å²) in [5.41, 5.74) is 0. The molecule has 1 fully saturated rings. The lowest BCUT2D eigenvalue weighted by Gasteiger charge is -2.22. The quantitative estimate of drug-likeness (QED) is 0.845. The maximum absolute atomic E-state index is 11.4. The zero-order valence-electron chi connectivity index (χ0n) is 11.7. The van der Waals surface area contributed by atoms with Crippen molar-refractivity contribution >= 4 is 22.7 Å². The SMILES string of the molecule is CNc1nc(NC2CCS(=O)CC2)nc(-n2cccn2)n1. The van der Waals surface area contributed by atoms with Crippen molar-refractivity contribution in [2.75, 3.05) is 29.2 Å². The predicted octanol–water partition coefficient (Wildman–Crippen LogP) is 0.422. The first kappa shape index (κ1) is 13.9. The molecule has 0 aliphatic carbocycles. The molecule has 3 rings (SSSR count). The summed E-state index contributed by atoms with van der Waals surface area (Å²) < 4.78 is 13.0. The van der Waals surface area contributed by atoms with E-state index >= 15 is 0 Å². The van der Waals surface area contributed by atoms with Crippen LogP contribution in [0.15, 0.2) is 18.5 Å². The molecule has 8 nitrogen and oxygen atoms in total. The van der Waals surface area contributed by atoms with Gasteiger partial charge in [-0.3, -0.25) is 4.21 Å². The number of hydrogen-bond donors (Lipinski definition) is 2. The molecule has 9 heteroatoms. The highest BCUT2D eigenvalue weighted by molar-refractivity contribution is 7.85. The van der Waals surface area contributed by atoms with Crippen LogP contribution in [0.4, 0.5) is 11.9 Å². The molecule has 0 spiro atoms. The Bertz CT molecular complexity index is 621. The van der Waals surface area contributed by atoms with Crippen molar-refractivity contribution in [1.82, 2.24) is 24.7 Å². The lowest BCUT2D eigenvalue weighted by atomic mass is 10.2. The fourth-order valence-corrected chi connectivity index (χ4v) is 3.45. The van der Waals surface area contributed by atoms with E-state index < -0.39 is 10.8 Å². The summed E-state index contributed by atoms with van der Waals surface area (Å²) in [5.74, 6) is 2.91. The standard InChI is InChI=1S/C12H17N7OS/c1-13-10-16-11(15-9-3-7-21(20)8-4-9)18-12(17-10)19-6-2-5-14-19/h2,5-6,9H,3-4,7-8H2,1H3,(H2,13,15,16,17,18). The summed E-state index contributed by atoms with van der Waals surface area (Å²) in [6.07, 6.45) is 5.18. The second-order valence-corrected chi connectivity index (χ2v) is 6.45. The Balaban J connectivity index is 1.81. The number of nitrogens with zero attached hydrogens (tertiary/aromatic N) is 5. The molecular weight excluding hydrogens is 290 g/mol. The molecule has 1 aliphatic heterocycles.